The van der Waals surface area contributed by atoms with Gasteiger partial charge in [0.05, 0.1) is 12.6 Å². The molecule has 3 amide bonds. The Bertz CT molecular complexity index is 674. The van der Waals surface area contributed by atoms with E-state index in [1.165, 1.54) is 12.1 Å². The Morgan fingerprint density at radius 2 is 1.67 bits per heavy atom. The lowest BCUT2D eigenvalue weighted by atomic mass is 10.1. The van der Waals surface area contributed by atoms with E-state index in [-0.39, 0.29) is 24.3 Å². The fourth-order valence-corrected chi connectivity index (χ4v) is 2.13. The first kappa shape index (κ1) is 17.5. The van der Waals surface area contributed by atoms with Crippen LogP contribution >= 0.6 is 0 Å². The highest BCUT2D eigenvalue weighted by Crippen LogP contribution is 2.12. The first-order chi connectivity index (χ1) is 11.5. The highest BCUT2D eigenvalue weighted by Gasteiger charge is 2.10. The monoisotopic (exact) mass is 329 g/mol. The molecular formula is C18H20FN3O2. The molecule has 1 atom stereocenters. The van der Waals surface area contributed by atoms with Crippen molar-refractivity contribution in [1.29, 1.82) is 0 Å². The molecule has 0 heterocycles. The summed E-state index contributed by atoms with van der Waals surface area (Å²) in [6.07, 6.45) is 0. The average Bonchev–Trinajstić information content (AvgIpc) is 2.59. The Kier molecular flexibility index (Phi) is 6.31. The number of hydrogen-bond donors (Lipinski definition) is 3. The molecule has 0 saturated carbocycles. The smallest absolute Gasteiger partial charge is 0.315 e. The van der Waals surface area contributed by atoms with Crippen LogP contribution in [0.1, 0.15) is 24.1 Å². The molecule has 0 aromatic heterocycles. The van der Waals surface area contributed by atoms with Gasteiger partial charge in [0.25, 0.3) is 0 Å². The molecule has 0 aliphatic rings. The molecule has 0 aliphatic heterocycles. The summed E-state index contributed by atoms with van der Waals surface area (Å²) in [5.74, 6) is -0.643. The van der Waals surface area contributed by atoms with Crippen LogP contribution in [0.25, 0.3) is 0 Å². The number of rotatable bonds is 6. The van der Waals surface area contributed by atoms with Crippen molar-refractivity contribution in [2.45, 2.75) is 19.5 Å². The van der Waals surface area contributed by atoms with Crippen LogP contribution in [0, 0.1) is 5.82 Å². The van der Waals surface area contributed by atoms with Gasteiger partial charge in [0.1, 0.15) is 5.82 Å². The molecule has 2 aromatic carbocycles. The number of carbonyl (C=O) groups is 2. The molecular weight excluding hydrogens is 309 g/mol. The first-order valence-electron chi connectivity index (χ1n) is 7.65. The first-order valence-corrected chi connectivity index (χ1v) is 7.65. The van der Waals surface area contributed by atoms with E-state index in [2.05, 4.69) is 16.0 Å². The van der Waals surface area contributed by atoms with Crippen LogP contribution in [0.5, 0.6) is 0 Å². The summed E-state index contributed by atoms with van der Waals surface area (Å²) >= 11 is 0. The molecule has 0 radical (unpaired) electrons. The van der Waals surface area contributed by atoms with Crippen LogP contribution in [0.4, 0.5) is 9.18 Å². The summed E-state index contributed by atoms with van der Waals surface area (Å²) in [6, 6.07) is 14.7. The number of amides is 3. The van der Waals surface area contributed by atoms with E-state index in [4.69, 9.17) is 0 Å². The molecule has 0 spiro atoms. The fraction of sp³-hybridized carbons (Fsp3) is 0.222. The lowest BCUT2D eigenvalue weighted by Crippen LogP contribution is -2.42. The van der Waals surface area contributed by atoms with Gasteiger partial charge in [-0.25, -0.2) is 9.18 Å². The Labute approximate surface area is 140 Å². The van der Waals surface area contributed by atoms with Gasteiger partial charge in [-0.15, -0.1) is 0 Å². The van der Waals surface area contributed by atoms with Gasteiger partial charge in [0.15, 0.2) is 0 Å². The van der Waals surface area contributed by atoms with Crippen molar-refractivity contribution in [2.75, 3.05) is 6.54 Å². The number of benzene rings is 2. The Morgan fingerprint density at radius 1 is 1.00 bits per heavy atom. The lowest BCUT2D eigenvalue weighted by molar-refractivity contribution is -0.120. The van der Waals surface area contributed by atoms with Gasteiger partial charge in [-0.2, -0.15) is 0 Å². The van der Waals surface area contributed by atoms with E-state index >= 15 is 0 Å². The molecule has 2 rings (SSSR count). The summed E-state index contributed by atoms with van der Waals surface area (Å²) in [6.45, 7) is 2.05. The third-order valence-electron chi connectivity index (χ3n) is 3.45. The van der Waals surface area contributed by atoms with Crippen molar-refractivity contribution in [3.8, 4) is 0 Å². The topological polar surface area (TPSA) is 70.2 Å². The summed E-state index contributed by atoms with van der Waals surface area (Å²) in [7, 11) is 0. The minimum absolute atomic E-state index is 0.133. The maximum atomic E-state index is 12.9. The Hall–Kier alpha value is -2.89. The van der Waals surface area contributed by atoms with Crippen LogP contribution < -0.4 is 16.0 Å². The SMILES string of the molecule is C[C@@H](NC(=O)CNC(=O)NCc1ccccc1)c1ccc(F)cc1. The second-order valence-electron chi connectivity index (χ2n) is 5.36. The van der Waals surface area contributed by atoms with Crippen molar-refractivity contribution < 1.29 is 14.0 Å². The molecule has 24 heavy (non-hydrogen) atoms. The van der Waals surface area contributed by atoms with Gasteiger partial charge >= 0.3 is 6.03 Å². The van der Waals surface area contributed by atoms with Crippen molar-refractivity contribution >= 4 is 11.9 Å². The molecule has 126 valence electrons. The summed E-state index contributed by atoms with van der Waals surface area (Å²) in [5.41, 5.74) is 1.76. The van der Waals surface area contributed by atoms with Gasteiger partial charge in [-0.1, -0.05) is 42.5 Å². The van der Waals surface area contributed by atoms with E-state index in [0.717, 1.165) is 11.1 Å². The number of hydrogen-bond acceptors (Lipinski definition) is 2. The molecule has 6 heteroatoms. The highest BCUT2D eigenvalue weighted by atomic mass is 19.1. The standard InChI is InChI=1S/C18H20FN3O2/c1-13(15-7-9-16(19)10-8-15)22-17(23)12-21-18(24)20-11-14-5-3-2-4-6-14/h2-10,13H,11-12H2,1H3,(H,22,23)(H2,20,21,24)/t13-/m1/s1. The van der Waals surface area contributed by atoms with Gasteiger partial charge < -0.3 is 16.0 Å². The molecule has 0 bridgehead atoms. The van der Waals surface area contributed by atoms with Gasteiger partial charge in [0.2, 0.25) is 5.91 Å². The molecule has 5 nitrogen and oxygen atoms in total. The predicted molar refractivity (Wildman–Crippen MR) is 89.6 cm³/mol. The zero-order valence-electron chi connectivity index (χ0n) is 13.4. The molecule has 3 N–H and O–H groups in total. The Balaban J connectivity index is 1.70. The summed E-state index contributed by atoms with van der Waals surface area (Å²) < 4.78 is 12.9. The third-order valence-corrected chi connectivity index (χ3v) is 3.45. The third kappa shape index (κ3) is 5.72. The quantitative estimate of drug-likeness (QED) is 0.762. The van der Waals surface area contributed by atoms with Gasteiger partial charge in [-0.05, 0) is 30.2 Å². The van der Waals surface area contributed by atoms with Gasteiger partial charge in [0, 0.05) is 6.54 Å². The maximum Gasteiger partial charge on any atom is 0.315 e. The van der Waals surface area contributed by atoms with Crippen LogP contribution in [0.15, 0.2) is 54.6 Å². The number of carbonyl (C=O) groups excluding carboxylic acids is 2. The number of halogens is 1. The second-order valence-corrected chi connectivity index (χ2v) is 5.36. The largest absolute Gasteiger partial charge is 0.348 e. The second kappa shape index (κ2) is 8.67. The molecule has 0 unspecified atom stereocenters. The van der Waals surface area contributed by atoms with E-state index < -0.39 is 6.03 Å². The average molecular weight is 329 g/mol. The molecule has 2 aromatic rings. The van der Waals surface area contributed by atoms with E-state index in [0.29, 0.717) is 6.54 Å². The predicted octanol–water partition coefficient (Wildman–Crippen LogP) is 2.50. The van der Waals surface area contributed by atoms with Crippen molar-refractivity contribution in [3.05, 3.63) is 71.5 Å². The normalized spacial score (nSPS) is 11.4. The lowest BCUT2D eigenvalue weighted by Gasteiger charge is -2.15. The Morgan fingerprint density at radius 3 is 2.33 bits per heavy atom. The van der Waals surface area contributed by atoms with Crippen LogP contribution in [-0.4, -0.2) is 18.5 Å². The molecule has 0 aliphatic carbocycles. The molecule has 0 saturated heterocycles. The minimum atomic E-state index is -0.413. The summed E-state index contributed by atoms with van der Waals surface area (Å²) in [4.78, 5) is 23.5. The van der Waals surface area contributed by atoms with Crippen LogP contribution in [0.3, 0.4) is 0 Å². The zero-order valence-corrected chi connectivity index (χ0v) is 13.4. The van der Waals surface area contributed by atoms with Gasteiger partial charge in [-0.3, -0.25) is 4.79 Å². The van der Waals surface area contributed by atoms with Crippen molar-refractivity contribution in [2.24, 2.45) is 0 Å². The maximum absolute atomic E-state index is 12.9. The number of nitrogens with one attached hydrogen (secondary N) is 3. The summed E-state index contributed by atoms with van der Waals surface area (Å²) in [5, 5.41) is 7.91. The minimum Gasteiger partial charge on any atom is -0.348 e. The van der Waals surface area contributed by atoms with E-state index in [9.17, 15) is 14.0 Å². The van der Waals surface area contributed by atoms with Crippen LogP contribution in [0.2, 0.25) is 0 Å². The molecule has 0 fully saturated rings. The number of urea groups is 1. The van der Waals surface area contributed by atoms with Crippen molar-refractivity contribution in [3.63, 3.8) is 0 Å². The fourth-order valence-electron chi connectivity index (χ4n) is 2.13. The zero-order chi connectivity index (χ0) is 17.4. The van der Waals surface area contributed by atoms with Crippen LogP contribution in [-0.2, 0) is 11.3 Å². The van der Waals surface area contributed by atoms with E-state index in [1.807, 2.05) is 30.3 Å². The highest BCUT2D eigenvalue weighted by molar-refractivity contribution is 5.84. The van der Waals surface area contributed by atoms with Crippen molar-refractivity contribution in [1.82, 2.24) is 16.0 Å². The van der Waals surface area contributed by atoms with E-state index in [1.54, 1.807) is 19.1 Å².